The Bertz CT molecular complexity index is 1620. The third kappa shape index (κ3) is 7.87. The summed E-state index contributed by atoms with van der Waals surface area (Å²) < 4.78 is 29.8. The van der Waals surface area contributed by atoms with Gasteiger partial charge in [-0.15, -0.1) is 0 Å². The van der Waals surface area contributed by atoms with Gasteiger partial charge in [-0.2, -0.15) is 11.8 Å². The molecule has 0 spiro atoms. The molecule has 1 N–H and O–H groups in total. The van der Waals surface area contributed by atoms with Crippen LogP contribution in [0.3, 0.4) is 0 Å². The number of sulfonamides is 1. The number of para-hydroxylation sites is 1. The number of amides is 1. The fourth-order valence-electron chi connectivity index (χ4n) is 4.49. The summed E-state index contributed by atoms with van der Waals surface area (Å²) in [6.45, 7) is 1.98. The van der Waals surface area contributed by atoms with Crippen LogP contribution in [0.15, 0.2) is 108 Å². The molecule has 10 heteroatoms. The third-order valence-electron chi connectivity index (χ3n) is 6.67. The first-order valence-corrected chi connectivity index (χ1v) is 15.9. The molecule has 0 saturated heterocycles. The minimum Gasteiger partial charge on any atom is -0.548 e. The average molecular weight is 595 g/mol. The van der Waals surface area contributed by atoms with Gasteiger partial charge in [-0.25, -0.2) is 8.42 Å². The molecule has 0 fully saturated rings. The Labute approximate surface area is 263 Å². The summed E-state index contributed by atoms with van der Waals surface area (Å²) in [5.74, 6) is -1.47. The molecule has 0 aliphatic rings. The molecule has 1 unspecified atom stereocenters. The number of carboxylic acids is 1. The van der Waals surface area contributed by atoms with E-state index in [1.54, 1.807) is 36.4 Å². The van der Waals surface area contributed by atoms with Crippen LogP contribution in [0.4, 0.5) is 5.69 Å². The number of nitrogens with zero attached hydrogens (tertiary/aromatic N) is 1. The zero-order valence-corrected chi connectivity index (χ0v) is 25.5. The van der Waals surface area contributed by atoms with Crippen LogP contribution < -0.4 is 33.6 Å². The van der Waals surface area contributed by atoms with Crippen molar-refractivity contribution in [2.24, 2.45) is 0 Å². The molecule has 4 aromatic carbocycles. The molecule has 0 radical (unpaired) electrons. The maximum absolute atomic E-state index is 14.2. The van der Waals surface area contributed by atoms with E-state index in [0.29, 0.717) is 22.6 Å². The maximum atomic E-state index is 14.2. The molecule has 7 nitrogen and oxygen atoms in total. The first kappa shape index (κ1) is 33.0. The molecular formula is C32H31LiN2O5S2. The Balaban J connectivity index is 0.00000484. The van der Waals surface area contributed by atoms with Crippen LogP contribution in [0.1, 0.15) is 27.9 Å². The van der Waals surface area contributed by atoms with E-state index in [-0.39, 0.29) is 42.3 Å². The van der Waals surface area contributed by atoms with E-state index in [4.69, 9.17) is 0 Å². The number of hydrogen-bond donors (Lipinski definition) is 1. The van der Waals surface area contributed by atoms with Gasteiger partial charge in [0.15, 0.2) is 0 Å². The molecule has 42 heavy (non-hydrogen) atoms. The first-order valence-electron chi connectivity index (χ1n) is 13.0. The van der Waals surface area contributed by atoms with Crippen LogP contribution in [0.2, 0.25) is 0 Å². The van der Waals surface area contributed by atoms with Gasteiger partial charge in [0.25, 0.3) is 15.9 Å². The van der Waals surface area contributed by atoms with Crippen LogP contribution in [0, 0.1) is 6.92 Å². The fourth-order valence-corrected chi connectivity index (χ4v) is 6.44. The van der Waals surface area contributed by atoms with Crippen LogP contribution in [-0.4, -0.2) is 38.3 Å². The summed E-state index contributed by atoms with van der Waals surface area (Å²) >= 11 is 1.46. The summed E-state index contributed by atoms with van der Waals surface area (Å²) in [6.07, 6.45) is 2.05. The quantitative estimate of drug-likeness (QED) is 0.250. The minimum atomic E-state index is -4.09. The molecule has 0 saturated carbocycles. The van der Waals surface area contributed by atoms with E-state index in [2.05, 4.69) is 5.32 Å². The van der Waals surface area contributed by atoms with E-state index >= 15 is 0 Å². The summed E-state index contributed by atoms with van der Waals surface area (Å²) in [7, 11) is -4.09. The number of rotatable bonds is 12. The van der Waals surface area contributed by atoms with Gasteiger partial charge in [0, 0.05) is 5.56 Å². The Morgan fingerprint density at radius 3 is 2.12 bits per heavy atom. The molecule has 0 heterocycles. The van der Waals surface area contributed by atoms with Gasteiger partial charge in [0.05, 0.1) is 29.1 Å². The van der Waals surface area contributed by atoms with Gasteiger partial charge in [-0.1, -0.05) is 72.8 Å². The van der Waals surface area contributed by atoms with Crippen LogP contribution >= 0.6 is 11.8 Å². The molecule has 212 valence electrons. The Kier molecular flexibility index (Phi) is 11.9. The van der Waals surface area contributed by atoms with Crippen LogP contribution in [0.5, 0.6) is 0 Å². The monoisotopic (exact) mass is 594 g/mol. The van der Waals surface area contributed by atoms with Crippen LogP contribution in [-0.2, 0) is 21.4 Å². The molecule has 1 amide bonds. The second-order valence-corrected chi connectivity index (χ2v) is 12.3. The van der Waals surface area contributed by atoms with Gasteiger partial charge < -0.3 is 15.2 Å². The van der Waals surface area contributed by atoms with Crippen molar-refractivity contribution in [2.75, 3.05) is 16.3 Å². The number of carbonyl (C=O) groups excluding carboxylic acids is 2. The fraction of sp³-hybridized carbons (Fsp3) is 0.188. The SMILES string of the molecule is CSCCC(NC(=O)c1ccc(S(=O)(=O)N(Cc2ccccc2)c2ccccc2)cc1-c1ccccc1C)C(=O)[O-].[Li+]. The van der Waals surface area contributed by atoms with Crippen molar-refractivity contribution in [3.05, 3.63) is 120 Å². The standard InChI is InChI=1S/C32H32N2O5S2.Li/c1-23-11-9-10-16-27(23)29-21-26(17-18-28(29)31(35)33-30(32(36)37)19-20-40-2)41(38,39)34(25-14-7-4-8-15-25)22-24-12-5-3-6-13-24;/h3-18,21,30H,19-20,22H2,1-2H3,(H,33,35)(H,36,37);/q;+1/p-1. The van der Waals surface area contributed by atoms with Gasteiger partial charge in [-0.05, 0) is 77.9 Å². The molecule has 4 rings (SSSR count). The molecule has 4 aromatic rings. The van der Waals surface area contributed by atoms with Crippen molar-refractivity contribution < 1.29 is 42.0 Å². The Morgan fingerprint density at radius 2 is 1.50 bits per heavy atom. The predicted molar refractivity (Wildman–Crippen MR) is 162 cm³/mol. The molecule has 0 aromatic heterocycles. The first-order chi connectivity index (χ1) is 19.7. The number of carbonyl (C=O) groups is 2. The van der Waals surface area contributed by atoms with Gasteiger partial charge in [0.1, 0.15) is 0 Å². The normalized spacial score (nSPS) is 11.7. The van der Waals surface area contributed by atoms with Crippen molar-refractivity contribution in [2.45, 2.75) is 30.8 Å². The average Bonchev–Trinajstić information content (AvgIpc) is 2.98. The van der Waals surface area contributed by atoms with Crippen molar-refractivity contribution >= 4 is 39.3 Å². The number of aliphatic carboxylic acids is 1. The Hall–Kier alpha value is -3.48. The maximum Gasteiger partial charge on any atom is 1.00 e. The van der Waals surface area contributed by atoms with Crippen molar-refractivity contribution in [3.8, 4) is 11.1 Å². The Morgan fingerprint density at radius 1 is 0.881 bits per heavy atom. The molecular weight excluding hydrogens is 563 g/mol. The number of hydrogen-bond acceptors (Lipinski definition) is 6. The molecule has 1 atom stereocenters. The van der Waals surface area contributed by atoms with Crippen molar-refractivity contribution in [3.63, 3.8) is 0 Å². The van der Waals surface area contributed by atoms with Gasteiger partial charge in [-0.3, -0.25) is 9.10 Å². The number of benzene rings is 4. The van der Waals surface area contributed by atoms with E-state index in [1.165, 1.54) is 34.3 Å². The van der Waals surface area contributed by atoms with Crippen molar-refractivity contribution in [1.82, 2.24) is 5.32 Å². The minimum absolute atomic E-state index is 0. The largest absolute Gasteiger partial charge is 1.00 e. The van der Waals surface area contributed by atoms with E-state index in [1.807, 2.05) is 61.7 Å². The summed E-state index contributed by atoms with van der Waals surface area (Å²) in [4.78, 5) is 25.1. The second kappa shape index (κ2) is 15.1. The smallest absolute Gasteiger partial charge is 0.548 e. The van der Waals surface area contributed by atoms with E-state index < -0.39 is 27.9 Å². The topological polar surface area (TPSA) is 107 Å². The number of aryl methyl sites for hydroxylation is 1. The summed E-state index contributed by atoms with van der Waals surface area (Å²) in [5, 5.41) is 14.3. The number of thioether (sulfide) groups is 1. The zero-order valence-electron chi connectivity index (χ0n) is 23.8. The predicted octanol–water partition coefficient (Wildman–Crippen LogP) is 1.66. The molecule has 0 bridgehead atoms. The van der Waals surface area contributed by atoms with Crippen LogP contribution in [0.25, 0.3) is 11.1 Å². The molecule has 0 aliphatic carbocycles. The zero-order chi connectivity index (χ0) is 29.4. The number of nitrogens with one attached hydrogen (secondary N) is 1. The summed E-state index contributed by atoms with van der Waals surface area (Å²) in [6, 6.07) is 28.6. The summed E-state index contributed by atoms with van der Waals surface area (Å²) in [5.41, 5.74) is 3.37. The molecule has 0 aliphatic heterocycles. The second-order valence-electron chi connectivity index (χ2n) is 9.48. The van der Waals surface area contributed by atoms with E-state index in [9.17, 15) is 23.1 Å². The van der Waals surface area contributed by atoms with E-state index in [0.717, 1.165) is 11.1 Å². The van der Waals surface area contributed by atoms with Gasteiger partial charge >= 0.3 is 18.9 Å². The number of anilines is 1. The number of carboxylic acid groups (broad SMARTS) is 1. The third-order valence-corrected chi connectivity index (χ3v) is 9.09. The van der Waals surface area contributed by atoms with Gasteiger partial charge in [0.2, 0.25) is 0 Å². The van der Waals surface area contributed by atoms with Crippen molar-refractivity contribution in [1.29, 1.82) is 0 Å².